The van der Waals surface area contributed by atoms with Gasteiger partial charge in [0.15, 0.2) is 0 Å². The molecule has 1 fully saturated rings. The van der Waals surface area contributed by atoms with Gasteiger partial charge in [-0.05, 0) is 39.5 Å². The molecule has 0 bridgehead atoms. The van der Waals surface area contributed by atoms with Gasteiger partial charge >= 0.3 is 0 Å². The molecule has 1 saturated carbocycles. The van der Waals surface area contributed by atoms with Crippen molar-refractivity contribution < 1.29 is 0 Å². The van der Waals surface area contributed by atoms with Crippen molar-refractivity contribution in [1.29, 1.82) is 0 Å². The average Bonchev–Trinajstić information content (AvgIpc) is 2.54. The van der Waals surface area contributed by atoms with Crippen LogP contribution in [0.2, 0.25) is 0 Å². The third-order valence-electron chi connectivity index (χ3n) is 4.03. The smallest absolute Gasteiger partial charge is 0.0643 e. The Labute approximate surface area is 109 Å². The van der Waals surface area contributed by atoms with Crippen molar-refractivity contribution in [1.82, 2.24) is 9.78 Å². The highest BCUT2D eigenvalue weighted by Crippen LogP contribution is 2.35. The van der Waals surface area contributed by atoms with Gasteiger partial charge in [0.2, 0.25) is 0 Å². The van der Waals surface area contributed by atoms with Gasteiger partial charge in [-0.3, -0.25) is 4.68 Å². The number of halogens is 1. The van der Waals surface area contributed by atoms with Crippen molar-refractivity contribution in [2.24, 2.45) is 5.92 Å². The van der Waals surface area contributed by atoms with Crippen molar-refractivity contribution >= 4 is 11.6 Å². The van der Waals surface area contributed by atoms with Gasteiger partial charge in [-0.15, -0.1) is 11.6 Å². The van der Waals surface area contributed by atoms with Crippen LogP contribution in [0, 0.1) is 19.8 Å². The predicted octanol–water partition coefficient (Wildman–Crippen LogP) is 4.55. The molecule has 96 valence electrons. The Morgan fingerprint density at radius 3 is 2.59 bits per heavy atom. The minimum absolute atomic E-state index is 0.0600. The number of nitrogens with zero attached hydrogens (tertiary/aromatic N) is 2. The number of aryl methyl sites for hydroxylation is 1. The molecule has 0 aliphatic heterocycles. The molecule has 3 unspecified atom stereocenters. The second kappa shape index (κ2) is 5.01. The van der Waals surface area contributed by atoms with E-state index < -0.39 is 0 Å². The molecule has 0 amide bonds. The normalized spacial score (nSPS) is 27.1. The lowest BCUT2D eigenvalue weighted by atomic mass is 9.87. The monoisotopic (exact) mass is 254 g/mol. The van der Waals surface area contributed by atoms with E-state index in [1.54, 1.807) is 0 Å². The molecular weight excluding hydrogens is 232 g/mol. The maximum atomic E-state index is 6.24. The maximum absolute atomic E-state index is 6.24. The van der Waals surface area contributed by atoms with Crippen molar-refractivity contribution in [3.63, 3.8) is 0 Å². The Balaban J connectivity index is 2.29. The van der Waals surface area contributed by atoms with Gasteiger partial charge in [-0.2, -0.15) is 5.10 Å². The summed E-state index contributed by atoms with van der Waals surface area (Å²) in [6.45, 7) is 8.62. The summed E-state index contributed by atoms with van der Waals surface area (Å²) in [4.78, 5) is 0. The van der Waals surface area contributed by atoms with Crippen molar-refractivity contribution in [2.75, 3.05) is 0 Å². The van der Waals surface area contributed by atoms with Gasteiger partial charge in [0, 0.05) is 11.3 Å². The molecule has 1 aliphatic rings. The Kier molecular flexibility index (Phi) is 3.82. The zero-order valence-corrected chi connectivity index (χ0v) is 12.1. The second-order valence-electron chi connectivity index (χ2n) is 5.57. The van der Waals surface area contributed by atoms with Crippen LogP contribution in [-0.4, -0.2) is 9.78 Å². The third-order valence-corrected chi connectivity index (χ3v) is 4.25. The van der Waals surface area contributed by atoms with E-state index in [0.29, 0.717) is 6.04 Å². The van der Waals surface area contributed by atoms with E-state index >= 15 is 0 Å². The number of aromatic nitrogens is 2. The molecular formula is C14H23ClN2. The Morgan fingerprint density at radius 2 is 2.06 bits per heavy atom. The van der Waals surface area contributed by atoms with Crippen molar-refractivity contribution in [3.05, 3.63) is 17.0 Å². The van der Waals surface area contributed by atoms with Crippen LogP contribution >= 0.6 is 11.6 Å². The highest BCUT2D eigenvalue weighted by Gasteiger charge is 2.25. The summed E-state index contributed by atoms with van der Waals surface area (Å²) in [6, 6.07) is 0.585. The molecule has 2 nitrogen and oxygen atoms in total. The first-order chi connectivity index (χ1) is 8.00. The van der Waals surface area contributed by atoms with Gasteiger partial charge in [-0.1, -0.05) is 19.8 Å². The highest BCUT2D eigenvalue weighted by atomic mass is 35.5. The first-order valence-electron chi connectivity index (χ1n) is 6.70. The summed E-state index contributed by atoms with van der Waals surface area (Å²) in [7, 11) is 0. The second-order valence-corrected chi connectivity index (χ2v) is 6.23. The maximum Gasteiger partial charge on any atom is 0.0643 e. The topological polar surface area (TPSA) is 17.8 Å². The first-order valence-corrected chi connectivity index (χ1v) is 7.14. The molecule has 0 aromatic carbocycles. The zero-order valence-electron chi connectivity index (χ0n) is 11.3. The van der Waals surface area contributed by atoms with Crippen LogP contribution in [-0.2, 0) is 0 Å². The van der Waals surface area contributed by atoms with E-state index in [9.17, 15) is 0 Å². The van der Waals surface area contributed by atoms with Crippen LogP contribution in [0.5, 0.6) is 0 Å². The molecule has 0 saturated heterocycles. The van der Waals surface area contributed by atoms with E-state index in [1.807, 2.05) is 6.92 Å². The molecule has 0 radical (unpaired) electrons. The molecule has 0 N–H and O–H groups in total. The fourth-order valence-electron chi connectivity index (χ4n) is 3.23. The fourth-order valence-corrected chi connectivity index (χ4v) is 3.55. The summed E-state index contributed by atoms with van der Waals surface area (Å²) < 4.78 is 2.24. The molecule has 1 aromatic heterocycles. The van der Waals surface area contributed by atoms with Gasteiger partial charge in [0.1, 0.15) is 0 Å². The molecule has 1 aromatic rings. The molecule has 17 heavy (non-hydrogen) atoms. The van der Waals surface area contributed by atoms with Crippen LogP contribution in [0.15, 0.2) is 0 Å². The molecule has 1 aliphatic carbocycles. The van der Waals surface area contributed by atoms with Crippen molar-refractivity contribution in [3.8, 4) is 0 Å². The van der Waals surface area contributed by atoms with Crippen LogP contribution in [0.1, 0.15) is 67.9 Å². The van der Waals surface area contributed by atoms with E-state index in [-0.39, 0.29) is 5.38 Å². The van der Waals surface area contributed by atoms with E-state index in [2.05, 4.69) is 25.5 Å². The Bertz CT molecular complexity index is 395. The van der Waals surface area contributed by atoms with Gasteiger partial charge in [0.25, 0.3) is 0 Å². The zero-order chi connectivity index (χ0) is 12.6. The average molecular weight is 255 g/mol. The largest absolute Gasteiger partial charge is 0.266 e. The minimum Gasteiger partial charge on any atom is -0.266 e. The molecule has 2 rings (SSSR count). The molecule has 3 atom stereocenters. The number of hydrogen-bond donors (Lipinski definition) is 0. The van der Waals surface area contributed by atoms with E-state index in [1.165, 1.54) is 36.9 Å². The van der Waals surface area contributed by atoms with E-state index in [0.717, 1.165) is 11.6 Å². The predicted molar refractivity (Wildman–Crippen MR) is 72.6 cm³/mol. The standard InChI is InChI=1S/C14H23ClN2/c1-9-6-5-7-13(8-9)17-12(4)14(10(2)15)11(3)16-17/h9-10,13H,5-8H2,1-4H3. The minimum atomic E-state index is 0.0600. The van der Waals surface area contributed by atoms with E-state index in [4.69, 9.17) is 16.7 Å². The van der Waals surface area contributed by atoms with Crippen LogP contribution < -0.4 is 0 Å². The Morgan fingerprint density at radius 1 is 1.35 bits per heavy atom. The first kappa shape index (κ1) is 12.9. The van der Waals surface area contributed by atoms with Gasteiger partial charge < -0.3 is 0 Å². The van der Waals surface area contributed by atoms with Crippen LogP contribution in [0.4, 0.5) is 0 Å². The lowest BCUT2D eigenvalue weighted by Crippen LogP contribution is -2.19. The summed E-state index contributed by atoms with van der Waals surface area (Å²) in [5, 5.41) is 4.78. The third kappa shape index (κ3) is 2.52. The van der Waals surface area contributed by atoms with Crippen molar-refractivity contribution in [2.45, 2.75) is 64.8 Å². The molecule has 0 spiro atoms. The van der Waals surface area contributed by atoms with Gasteiger partial charge in [0.05, 0.1) is 17.1 Å². The van der Waals surface area contributed by atoms with Crippen LogP contribution in [0.3, 0.4) is 0 Å². The summed E-state index contributed by atoms with van der Waals surface area (Å²) >= 11 is 6.24. The fraction of sp³-hybridized carbons (Fsp3) is 0.786. The number of hydrogen-bond acceptors (Lipinski definition) is 1. The molecule has 3 heteroatoms. The quantitative estimate of drug-likeness (QED) is 0.708. The highest BCUT2D eigenvalue weighted by molar-refractivity contribution is 6.20. The lowest BCUT2D eigenvalue weighted by Gasteiger charge is -2.28. The lowest BCUT2D eigenvalue weighted by molar-refractivity contribution is 0.263. The number of alkyl halides is 1. The van der Waals surface area contributed by atoms with Gasteiger partial charge in [-0.25, -0.2) is 0 Å². The molecule has 1 heterocycles. The summed E-state index contributed by atoms with van der Waals surface area (Å²) in [5.41, 5.74) is 3.59. The Hall–Kier alpha value is -0.500. The number of rotatable bonds is 2. The SMILES string of the molecule is Cc1nn(C2CCCC(C)C2)c(C)c1C(C)Cl. The summed E-state index contributed by atoms with van der Waals surface area (Å²) in [5.74, 6) is 0.828. The van der Waals surface area contributed by atoms with Crippen LogP contribution in [0.25, 0.3) is 0 Å². The summed E-state index contributed by atoms with van der Waals surface area (Å²) in [6.07, 6.45) is 5.23.